The first-order valence-corrected chi connectivity index (χ1v) is 7.95. The molecule has 0 radical (unpaired) electrons. The number of rotatable bonds is 4. The summed E-state index contributed by atoms with van der Waals surface area (Å²) in [5.74, 6) is 0.349. The lowest BCUT2D eigenvalue weighted by Gasteiger charge is -2.25. The van der Waals surface area contributed by atoms with Crippen LogP contribution in [-0.2, 0) is 0 Å². The van der Waals surface area contributed by atoms with Crippen LogP contribution in [0.2, 0.25) is 0 Å². The Kier molecular flexibility index (Phi) is 3.92. The average Bonchev–Trinajstić information content (AvgIpc) is 3.05. The third-order valence-electron chi connectivity index (χ3n) is 4.97. The SMILES string of the molecule is CCC1(C(=O)c2ccc(-c3ccccc3)cc2)CCCC1. The van der Waals surface area contributed by atoms with Crippen LogP contribution >= 0.6 is 0 Å². The first kappa shape index (κ1) is 14.1. The molecule has 0 spiro atoms. The maximum Gasteiger partial charge on any atom is 0.168 e. The van der Waals surface area contributed by atoms with Gasteiger partial charge in [0, 0.05) is 11.0 Å². The van der Waals surface area contributed by atoms with Crippen molar-refractivity contribution in [2.45, 2.75) is 39.0 Å². The smallest absolute Gasteiger partial charge is 0.168 e. The van der Waals surface area contributed by atoms with Gasteiger partial charge >= 0.3 is 0 Å². The zero-order valence-electron chi connectivity index (χ0n) is 12.6. The molecule has 1 nitrogen and oxygen atoms in total. The van der Waals surface area contributed by atoms with E-state index in [1.807, 2.05) is 30.3 Å². The van der Waals surface area contributed by atoms with Gasteiger partial charge in [0.2, 0.25) is 0 Å². The van der Waals surface area contributed by atoms with E-state index in [0.717, 1.165) is 24.8 Å². The lowest BCUT2D eigenvalue weighted by atomic mass is 9.76. The van der Waals surface area contributed by atoms with E-state index in [1.54, 1.807) is 0 Å². The van der Waals surface area contributed by atoms with Crippen LogP contribution in [0.1, 0.15) is 49.4 Å². The van der Waals surface area contributed by atoms with E-state index in [9.17, 15) is 4.79 Å². The standard InChI is InChI=1S/C20H22O/c1-2-20(14-6-7-15-20)19(21)18-12-10-17(11-13-18)16-8-4-3-5-9-16/h3-5,8-13H,2,6-7,14-15H2,1H3. The van der Waals surface area contributed by atoms with Gasteiger partial charge in [0.05, 0.1) is 0 Å². The Bertz CT molecular complexity index is 604. The van der Waals surface area contributed by atoms with E-state index in [1.165, 1.54) is 24.0 Å². The molecule has 0 N–H and O–H groups in total. The van der Waals surface area contributed by atoms with Gasteiger partial charge in [-0.1, -0.05) is 74.4 Å². The third-order valence-corrected chi connectivity index (χ3v) is 4.97. The fourth-order valence-corrected chi connectivity index (χ4v) is 3.54. The van der Waals surface area contributed by atoms with Gasteiger partial charge in [-0.3, -0.25) is 4.79 Å². The molecular formula is C20H22O. The Morgan fingerprint density at radius 3 is 2.05 bits per heavy atom. The zero-order chi connectivity index (χ0) is 14.7. The Labute approximate surface area is 127 Å². The van der Waals surface area contributed by atoms with Crippen molar-refractivity contribution in [1.82, 2.24) is 0 Å². The summed E-state index contributed by atoms with van der Waals surface area (Å²) in [5, 5.41) is 0. The Balaban J connectivity index is 1.86. The van der Waals surface area contributed by atoms with Gasteiger partial charge in [-0.2, -0.15) is 0 Å². The van der Waals surface area contributed by atoms with Gasteiger partial charge in [0.25, 0.3) is 0 Å². The predicted octanol–water partition coefficient (Wildman–Crippen LogP) is 5.51. The Morgan fingerprint density at radius 2 is 1.48 bits per heavy atom. The Morgan fingerprint density at radius 1 is 0.905 bits per heavy atom. The minimum Gasteiger partial charge on any atom is -0.294 e. The molecule has 2 aromatic rings. The number of Topliss-reactive ketones (excluding diaryl/α,β-unsaturated/α-hetero) is 1. The molecule has 1 heteroatoms. The second-order valence-electron chi connectivity index (χ2n) is 6.11. The molecule has 1 saturated carbocycles. The van der Waals surface area contributed by atoms with Crippen LogP contribution in [0.15, 0.2) is 54.6 Å². The maximum absolute atomic E-state index is 12.8. The molecular weight excluding hydrogens is 256 g/mol. The highest BCUT2D eigenvalue weighted by molar-refractivity contribution is 6.01. The predicted molar refractivity (Wildman–Crippen MR) is 87.4 cm³/mol. The van der Waals surface area contributed by atoms with E-state index >= 15 is 0 Å². The van der Waals surface area contributed by atoms with Crippen LogP contribution in [0.4, 0.5) is 0 Å². The number of carbonyl (C=O) groups excluding carboxylic acids is 1. The van der Waals surface area contributed by atoms with E-state index in [2.05, 4.69) is 31.2 Å². The monoisotopic (exact) mass is 278 g/mol. The van der Waals surface area contributed by atoms with Gasteiger partial charge in [0.15, 0.2) is 5.78 Å². The molecule has 1 aliphatic rings. The highest BCUT2D eigenvalue weighted by Crippen LogP contribution is 2.43. The van der Waals surface area contributed by atoms with Gasteiger partial charge in [0.1, 0.15) is 0 Å². The zero-order valence-corrected chi connectivity index (χ0v) is 12.6. The number of benzene rings is 2. The minimum atomic E-state index is -0.0890. The molecule has 2 aromatic carbocycles. The highest BCUT2D eigenvalue weighted by atomic mass is 16.1. The summed E-state index contributed by atoms with van der Waals surface area (Å²) < 4.78 is 0. The van der Waals surface area contributed by atoms with Crippen LogP contribution in [0.5, 0.6) is 0 Å². The molecule has 0 unspecified atom stereocenters. The van der Waals surface area contributed by atoms with E-state index in [4.69, 9.17) is 0 Å². The van der Waals surface area contributed by atoms with Crippen molar-refractivity contribution in [3.05, 3.63) is 60.2 Å². The topological polar surface area (TPSA) is 17.1 Å². The van der Waals surface area contributed by atoms with Crippen molar-refractivity contribution < 1.29 is 4.79 Å². The molecule has 0 atom stereocenters. The number of ketones is 1. The van der Waals surface area contributed by atoms with Crippen molar-refractivity contribution in [1.29, 1.82) is 0 Å². The van der Waals surface area contributed by atoms with Crippen molar-refractivity contribution in [3.63, 3.8) is 0 Å². The summed E-state index contributed by atoms with van der Waals surface area (Å²) in [6.07, 6.45) is 5.47. The van der Waals surface area contributed by atoms with E-state index in [-0.39, 0.29) is 5.41 Å². The highest BCUT2D eigenvalue weighted by Gasteiger charge is 2.39. The van der Waals surface area contributed by atoms with Gasteiger partial charge in [-0.15, -0.1) is 0 Å². The molecule has 3 rings (SSSR count). The molecule has 21 heavy (non-hydrogen) atoms. The van der Waals surface area contributed by atoms with E-state index in [0.29, 0.717) is 5.78 Å². The third kappa shape index (κ3) is 2.65. The second kappa shape index (κ2) is 5.85. The van der Waals surface area contributed by atoms with Crippen LogP contribution in [-0.4, -0.2) is 5.78 Å². The summed E-state index contributed by atoms with van der Waals surface area (Å²) in [7, 11) is 0. The quantitative estimate of drug-likeness (QED) is 0.674. The van der Waals surface area contributed by atoms with Crippen LogP contribution in [0.25, 0.3) is 11.1 Å². The lowest BCUT2D eigenvalue weighted by Crippen LogP contribution is -2.27. The van der Waals surface area contributed by atoms with Crippen molar-refractivity contribution in [2.75, 3.05) is 0 Å². The van der Waals surface area contributed by atoms with Gasteiger partial charge in [-0.05, 0) is 30.4 Å². The van der Waals surface area contributed by atoms with E-state index < -0.39 is 0 Å². The summed E-state index contributed by atoms with van der Waals surface area (Å²) >= 11 is 0. The fraction of sp³-hybridized carbons (Fsp3) is 0.350. The largest absolute Gasteiger partial charge is 0.294 e. The van der Waals surface area contributed by atoms with Crippen LogP contribution in [0.3, 0.4) is 0 Å². The van der Waals surface area contributed by atoms with Crippen molar-refractivity contribution in [2.24, 2.45) is 5.41 Å². The van der Waals surface area contributed by atoms with Crippen molar-refractivity contribution in [3.8, 4) is 11.1 Å². The summed E-state index contributed by atoms with van der Waals surface area (Å²) in [5.41, 5.74) is 3.15. The summed E-state index contributed by atoms with van der Waals surface area (Å²) in [6.45, 7) is 2.15. The first-order chi connectivity index (χ1) is 10.2. The van der Waals surface area contributed by atoms with Crippen LogP contribution in [0, 0.1) is 5.41 Å². The van der Waals surface area contributed by atoms with Crippen molar-refractivity contribution >= 4 is 5.78 Å². The second-order valence-corrected chi connectivity index (χ2v) is 6.11. The minimum absolute atomic E-state index is 0.0890. The molecule has 1 aliphatic carbocycles. The lowest BCUT2D eigenvalue weighted by molar-refractivity contribution is 0.0791. The Hall–Kier alpha value is -1.89. The van der Waals surface area contributed by atoms with Gasteiger partial charge < -0.3 is 0 Å². The molecule has 108 valence electrons. The number of hydrogen-bond acceptors (Lipinski definition) is 1. The molecule has 0 amide bonds. The van der Waals surface area contributed by atoms with Gasteiger partial charge in [-0.25, -0.2) is 0 Å². The number of hydrogen-bond donors (Lipinski definition) is 0. The summed E-state index contributed by atoms with van der Waals surface area (Å²) in [6, 6.07) is 18.4. The first-order valence-electron chi connectivity index (χ1n) is 7.95. The average molecular weight is 278 g/mol. The maximum atomic E-state index is 12.8. The number of carbonyl (C=O) groups is 1. The summed E-state index contributed by atoms with van der Waals surface area (Å²) in [4.78, 5) is 12.8. The normalized spacial score (nSPS) is 16.8. The molecule has 0 saturated heterocycles. The molecule has 0 aromatic heterocycles. The molecule has 0 heterocycles. The molecule has 0 bridgehead atoms. The molecule has 1 fully saturated rings. The molecule has 0 aliphatic heterocycles. The fourth-order valence-electron chi connectivity index (χ4n) is 3.54. The van der Waals surface area contributed by atoms with Crippen LogP contribution < -0.4 is 0 Å².